The van der Waals surface area contributed by atoms with Gasteiger partial charge in [-0.3, -0.25) is 9.69 Å². The second-order valence-electron chi connectivity index (χ2n) is 4.92. The number of aromatic nitrogens is 1. The molecule has 2 heterocycles. The predicted molar refractivity (Wildman–Crippen MR) is 78.6 cm³/mol. The third kappa shape index (κ3) is 3.84. The first-order valence-electron chi connectivity index (χ1n) is 6.95. The number of hydrogen-bond donors (Lipinski definition) is 1. The lowest BCUT2D eigenvalue weighted by Gasteiger charge is -2.35. The molecule has 0 atom stereocenters. The Balaban J connectivity index is 1.75. The summed E-state index contributed by atoms with van der Waals surface area (Å²) < 4.78 is 4.64. The molecular formula is C14H22N4O2. The molecule has 1 fully saturated rings. The largest absolute Gasteiger partial charge is 0.469 e. The van der Waals surface area contributed by atoms with Crippen molar-refractivity contribution in [3.63, 3.8) is 0 Å². The summed E-state index contributed by atoms with van der Waals surface area (Å²) in [6, 6.07) is 3.73. The molecule has 2 rings (SSSR count). The molecule has 0 bridgehead atoms. The van der Waals surface area contributed by atoms with E-state index in [0.29, 0.717) is 6.42 Å². The Bertz CT molecular complexity index is 445. The standard InChI is InChI=1S/C14H22N4O2/c1-20-13(19)5-3-7-17-8-10-18(11-9-17)14-12(15)4-2-6-16-14/h2,4,6H,3,5,7-11,15H2,1H3. The molecule has 6 nitrogen and oxygen atoms in total. The first-order valence-corrected chi connectivity index (χ1v) is 6.95. The monoisotopic (exact) mass is 278 g/mol. The number of carbonyl (C=O) groups is 1. The van der Waals surface area contributed by atoms with Gasteiger partial charge >= 0.3 is 5.97 Å². The average molecular weight is 278 g/mol. The molecule has 1 aliphatic heterocycles. The summed E-state index contributed by atoms with van der Waals surface area (Å²) in [5.41, 5.74) is 6.67. The van der Waals surface area contributed by atoms with Gasteiger partial charge in [0.1, 0.15) is 0 Å². The Morgan fingerprint density at radius 3 is 2.80 bits per heavy atom. The Morgan fingerprint density at radius 1 is 1.40 bits per heavy atom. The van der Waals surface area contributed by atoms with Gasteiger partial charge in [0.15, 0.2) is 5.82 Å². The van der Waals surface area contributed by atoms with E-state index in [-0.39, 0.29) is 5.97 Å². The van der Waals surface area contributed by atoms with Crippen LogP contribution in [0.4, 0.5) is 11.5 Å². The van der Waals surface area contributed by atoms with Gasteiger partial charge in [-0.15, -0.1) is 0 Å². The number of nitrogens with two attached hydrogens (primary N) is 1. The summed E-state index contributed by atoms with van der Waals surface area (Å²) >= 11 is 0. The summed E-state index contributed by atoms with van der Waals surface area (Å²) in [6.07, 6.45) is 3.11. The van der Waals surface area contributed by atoms with Crippen LogP contribution < -0.4 is 10.6 Å². The van der Waals surface area contributed by atoms with Gasteiger partial charge in [0.25, 0.3) is 0 Å². The normalized spacial score (nSPS) is 16.1. The van der Waals surface area contributed by atoms with Gasteiger partial charge < -0.3 is 15.4 Å². The number of anilines is 2. The summed E-state index contributed by atoms with van der Waals surface area (Å²) in [4.78, 5) is 20.0. The highest BCUT2D eigenvalue weighted by molar-refractivity contribution is 5.69. The maximum atomic E-state index is 11.1. The second-order valence-corrected chi connectivity index (χ2v) is 4.92. The molecule has 0 saturated carbocycles. The van der Waals surface area contributed by atoms with Crippen molar-refractivity contribution in [1.29, 1.82) is 0 Å². The SMILES string of the molecule is COC(=O)CCCN1CCN(c2ncccc2N)CC1. The topological polar surface area (TPSA) is 71.7 Å². The molecule has 1 aromatic heterocycles. The number of rotatable bonds is 5. The number of ether oxygens (including phenoxy) is 1. The Hall–Kier alpha value is -1.82. The van der Waals surface area contributed by atoms with Crippen molar-refractivity contribution < 1.29 is 9.53 Å². The molecule has 6 heteroatoms. The smallest absolute Gasteiger partial charge is 0.305 e. The van der Waals surface area contributed by atoms with E-state index >= 15 is 0 Å². The average Bonchev–Trinajstić information content (AvgIpc) is 2.48. The van der Waals surface area contributed by atoms with Crippen molar-refractivity contribution >= 4 is 17.5 Å². The van der Waals surface area contributed by atoms with Crippen LogP contribution in [-0.4, -0.2) is 55.7 Å². The first kappa shape index (κ1) is 14.6. The molecule has 0 aliphatic carbocycles. The van der Waals surface area contributed by atoms with Crippen LogP contribution in [0.3, 0.4) is 0 Å². The van der Waals surface area contributed by atoms with Crippen LogP contribution >= 0.6 is 0 Å². The molecule has 1 aromatic rings. The summed E-state index contributed by atoms with van der Waals surface area (Å²) in [7, 11) is 1.43. The molecule has 0 aromatic carbocycles. The first-order chi connectivity index (χ1) is 9.70. The van der Waals surface area contributed by atoms with Gasteiger partial charge in [-0.05, 0) is 25.1 Å². The minimum absolute atomic E-state index is 0.134. The number of pyridine rings is 1. The zero-order valence-electron chi connectivity index (χ0n) is 11.9. The van der Waals surface area contributed by atoms with E-state index in [1.165, 1.54) is 7.11 Å². The van der Waals surface area contributed by atoms with Crippen LogP contribution in [0.25, 0.3) is 0 Å². The predicted octanol–water partition coefficient (Wildman–Crippen LogP) is 0.739. The highest BCUT2D eigenvalue weighted by Crippen LogP contribution is 2.20. The van der Waals surface area contributed by atoms with Gasteiger partial charge in [-0.2, -0.15) is 0 Å². The molecule has 20 heavy (non-hydrogen) atoms. The lowest BCUT2D eigenvalue weighted by molar-refractivity contribution is -0.140. The lowest BCUT2D eigenvalue weighted by Crippen LogP contribution is -2.47. The molecular weight excluding hydrogens is 256 g/mol. The number of esters is 1. The van der Waals surface area contributed by atoms with Crippen molar-refractivity contribution in [2.75, 3.05) is 50.5 Å². The molecule has 1 aliphatic rings. The van der Waals surface area contributed by atoms with Crippen LogP contribution in [0.5, 0.6) is 0 Å². The molecule has 0 spiro atoms. The van der Waals surface area contributed by atoms with Crippen LogP contribution in [0.1, 0.15) is 12.8 Å². The summed E-state index contributed by atoms with van der Waals surface area (Å²) in [5, 5.41) is 0. The van der Waals surface area contributed by atoms with E-state index in [2.05, 4.69) is 19.5 Å². The number of nitrogen functional groups attached to an aromatic ring is 1. The molecule has 0 radical (unpaired) electrons. The Kier molecular flexibility index (Phi) is 5.17. The van der Waals surface area contributed by atoms with Gasteiger partial charge in [0, 0.05) is 38.8 Å². The lowest BCUT2D eigenvalue weighted by atomic mass is 10.2. The van der Waals surface area contributed by atoms with E-state index in [0.717, 1.165) is 50.6 Å². The van der Waals surface area contributed by atoms with E-state index in [1.54, 1.807) is 6.20 Å². The second kappa shape index (κ2) is 7.09. The fraction of sp³-hybridized carbons (Fsp3) is 0.571. The number of carbonyl (C=O) groups excluding carboxylic acids is 1. The highest BCUT2D eigenvalue weighted by Gasteiger charge is 2.19. The van der Waals surface area contributed by atoms with E-state index in [9.17, 15) is 4.79 Å². The van der Waals surface area contributed by atoms with Crippen molar-refractivity contribution in [2.45, 2.75) is 12.8 Å². The fourth-order valence-corrected chi connectivity index (χ4v) is 2.41. The third-order valence-corrected chi connectivity index (χ3v) is 3.57. The van der Waals surface area contributed by atoms with Crippen LogP contribution in [0.2, 0.25) is 0 Å². The molecule has 1 saturated heterocycles. The van der Waals surface area contributed by atoms with E-state index in [4.69, 9.17) is 5.73 Å². The number of piperazine rings is 1. The van der Waals surface area contributed by atoms with Gasteiger partial charge in [0.2, 0.25) is 0 Å². The third-order valence-electron chi connectivity index (χ3n) is 3.57. The molecule has 0 amide bonds. The van der Waals surface area contributed by atoms with Crippen molar-refractivity contribution in [3.8, 4) is 0 Å². The number of methoxy groups -OCH3 is 1. The maximum Gasteiger partial charge on any atom is 0.305 e. The maximum absolute atomic E-state index is 11.1. The molecule has 0 unspecified atom stereocenters. The summed E-state index contributed by atoms with van der Waals surface area (Å²) in [6.45, 7) is 4.70. The highest BCUT2D eigenvalue weighted by atomic mass is 16.5. The number of hydrogen-bond acceptors (Lipinski definition) is 6. The quantitative estimate of drug-likeness (QED) is 0.801. The summed E-state index contributed by atoms with van der Waals surface area (Å²) in [5.74, 6) is 0.742. The Morgan fingerprint density at radius 2 is 2.15 bits per heavy atom. The number of nitrogens with zero attached hydrogens (tertiary/aromatic N) is 3. The Labute approximate surface area is 119 Å². The van der Waals surface area contributed by atoms with Crippen molar-refractivity contribution in [2.24, 2.45) is 0 Å². The minimum Gasteiger partial charge on any atom is -0.469 e. The fourth-order valence-electron chi connectivity index (χ4n) is 2.41. The van der Waals surface area contributed by atoms with Gasteiger partial charge in [-0.25, -0.2) is 4.98 Å². The van der Waals surface area contributed by atoms with Gasteiger partial charge in [0.05, 0.1) is 12.8 Å². The van der Waals surface area contributed by atoms with Crippen molar-refractivity contribution in [1.82, 2.24) is 9.88 Å². The zero-order chi connectivity index (χ0) is 14.4. The van der Waals surface area contributed by atoms with Crippen LogP contribution in [0.15, 0.2) is 18.3 Å². The van der Waals surface area contributed by atoms with Crippen molar-refractivity contribution in [3.05, 3.63) is 18.3 Å². The van der Waals surface area contributed by atoms with E-state index in [1.807, 2.05) is 12.1 Å². The zero-order valence-corrected chi connectivity index (χ0v) is 11.9. The molecule has 110 valence electrons. The minimum atomic E-state index is -0.134. The molecule has 2 N–H and O–H groups in total. The van der Waals surface area contributed by atoms with Crippen LogP contribution in [-0.2, 0) is 9.53 Å². The van der Waals surface area contributed by atoms with Crippen LogP contribution in [0, 0.1) is 0 Å². The van der Waals surface area contributed by atoms with Gasteiger partial charge in [-0.1, -0.05) is 0 Å². The van der Waals surface area contributed by atoms with E-state index < -0.39 is 0 Å².